The van der Waals surface area contributed by atoms with Crippen molar-refractivity contribution in [3.8, 4) is 0 Å². The van der Waals surface area contributed by atoms with Crippen LogP contribution in [0.1, 0.15) is 24.8 Å². The number of nitrogens with one attached hydrogen (secondary N) is 1. The summed E-state index contributed by atoms with van der Waals surface area (Å²) < 4.78 is 0. The zero-order valence-corrected chi connectivity index (χ0v) is 12.2. The predicted octanol–water partition coefficient (Wildman–Crippen LogP) is 3.70. The van der Waals surface area contributed by atoms with E-state index in [4.69, 9.17) is 23.2 Å². The van der Waals surface area contributed by atoms with E-state index in [9.17, 15) is 4.79 Å². The molecule has 102 valence electrons. The van der Waals surface area contributed by atoms with Gasteiger partial charge < -0.3 is 5.32 Å². The summed E-state index contributed by atoms with van der Waals surface area (Å²) in [5, 5.41) is 4.34. The first kappa shape index (κ1) is 13.3. The topological polar surface area (TPSA) is 29.1 Å². The van der Waals surface area contributed by atoms with Crippen molar-refractivity contribution in [2.45, 2.75) is 25.7 Å². The molecule has 0 bridgehead atoms. The van der Waals surface area contributed by atoms with Crippen molar-refractivity contribution < 1.29 is 4.79 Å². The first-order valence-corrected chi connectivity index (χ1v) is 7.60. The number of carbonyl (C=O) groups is 1. The third kappa shape index (κ3) is 3.06. The maximum atomic E-state index is 12.0. The molecular weight excluding hydrogens is 281 g/mol. The lowest BCUT2D eigenvalue weighted by Crippen LogP contribution is -2.31. The third-order valence-electron chi connectivity index (χ3n) is 4.32. The molecule has 0 heterocycles. The van der Waals surface area contributed by atoms with Crippen molar-refractivity contribution in [3.63, 3.8) is 0 Å². The average Bonchev–Trinajstić information content (AvgIpc) is 2.98. The molecule has 1 aromatic carbocycles. The number of fused-ring (bicyclic) bond motifs is 1. The maximum Gasteiger partial charge on any atom is 0.223 e. The van der Waals surface area contributed by atoms with Gasteiger partial charge in [0.05, 0.1) is 0 Å². The molecule has 1 amide bonds. The highest BCUT2D eigenvalue weighted by atomic mass is 35.5. The van der Waals surface area contributed by atoms with Crippen LogP contribution in [0.2, 0.25) is 10.0 Å². The van der Waals surface area contributed by atoms with Gasteiger partial charge in [-0.25, -0.2) is 0 Å². The van der Waals surface area contributed by atoms with Crippen LogP contribution in [0.15, 0.2) is 18.2 Å². The first-order valence-electron chi connectivity index (χ1n) is 6.85. The fraction of sp³-hybridized carbons (Fsp3) is 0.533. The Balaban J connectivity index is 1.46. The Morgan fingerprint density at radius 1 is 1.21 bits per heavy atom. The minimum Gasteiger partial charge on any atom is -0.356 e. The second-order valence-electron chi connectivity index (χ2n) is 5.70. The normalized spacial score (nSPS) is 28.0. The number of amides is 1. The van der Waals surface area contributed by atoms with Gasteiger partial charge in [0.25, 0.3) is 0 Å². The average molecular weight is 298 g/mol. The predicted molar refractivity (Wildman–Crippen MR) is 77.5 cm³/mol. The zero-order chi connectivity index (χ0) is 13.4. The Morgan fingerprint density at radius 2 is 1.95 bits per heavy atom. The SMILES string of the molecule is O=C(NCCc1ccc(Cl)cc1Cl)C1CC2CC2C1. The largest absolute Gasteiger partial charge is 0.356 e. The van der Waals surface area contributed by atoms with E-state index in [2.05, 4.69) is 5.32 Å². The van der Waals surface area contributed by atoms with Gasteiger partial charge in [-0.1, -0.05) is 29.3 Å². The van der Waals surface area contributed by atoms with Crippen LogP contribution in [0.5, 0.6) is 0 Å². The summed E-state index contributed by atoms with van der Waals surface area (Å²) in [6.07, 6.45) is 4.29. The van der Waals surface area contributed by atoms with Crippen LogP contribution in [0.25, 0.3) is 0 Å². The fourth-order valence-electron chi connectivity index (χ4n) is 3.12. The van der Waals surface area contributed by atoms with Crippen molar-refractivity contribution >= 4 is 29.1 Å². The summed E-state index contributed by atoms with van der Waals surface area (Å²) >= 11 is 12.0. The van der Waals surface area contributed by atoms with E-state index in [1.807, 2.05) is 12.1 Å². The van der Waals surface area contributed by atoms with E-state index in [-0.39, 0.29) is 11.8 Å². The molecule has 2 saturated carbocycles. The van der Waals surface area contributed by atoms with Gasteiger partial charge in [0.1, 0.15) is 0 Å². The maximum absolute atomic E-state index is 12.0. The molecule has 0 aliphatic heterocycles. The van der Waals surface area contributed by atoms with E-state index in [0.29, 0.717) is 16.6 Å². The van der Waals surface area contributed by atoms with E-state index in [1.165, 1.54) is 6.42 Å². The molecule has 0 saturated heterocycles. The molecule has 2 aliphatic rings. The lowest BCUT2D eigenvalue weighted by molar-refractivity contribution is -0.125. The van der Waals surface area contributed by atoms with Gasteiger partial charge in [-0.3, -0.25) is 4.79 Å². The van der Waals surface area contributed by atoms with Crippen molar-refractivity contribution in [2.24, 2.45) is 17.8 Å². The highest BCUT2D eigenvalue weighted by molar-refractivity contribution is 6.35. The van der Waals surface area contributed by atoms with Crippen LogP contribution >= 0.6 is 23.2 Å². The molecule has 2 fully saturated rings. The number of hydrogen-bond donors (Lipinski definition) is 1. The fourth-order valence-corrected chi connectivity index (χ4v) is 3.62. The van der Waals surface area contributed by atoms with Gasteiger partial charge in [-0.15, -0.1) is 0 Å². The molecular formula is C15H17Cl2NO. The monoisotopic (exact) mass is 297 g/mol. The molecule has 0 spiro atoms. The van der Waals surface area contributed by atoms with Gasteiger partial charge in [0.2, 0.25) is 5.91 Å². The Bertz CT molecular complexity index is 493. The second kappa shape index (κ2) is 5.34. The standard InChI is InChI=1S/C15H17Cl2NO/c16-13-2-1-9(14(17)8-13)3-4-18-15(19)12-6-10-5-11(10)7-12/h1-2,8,10-12H,3-7H2,(H,18,19). The molecule has 2 aliphatic carbocycles. The van der Waals surface area contributed by atoms with Crippen LogP contribution in [-0.2, 0) is 11.2 Å². The van der Waals surface area contributed by atoms with E-state index in [1.54, 1.807) is 6.07 Å². The Morgan fingerprint density at radius 3 is 2.63 bits per heavy atom. The molecule has 2 unspecified atom stereocenters. The summed E-state index contributed by atoms with van der Waals surface area (Å²) in [5.74, 6) is 2.17. The Kier molecular flexibility index (Phi) is 3.72. The minimum atomic E-state index is 0.220. The highest BCUT2D eigenvalue weighted by Gasteiger charge is 2.47. The summed E-state index contributed by atoms with van der Waals surface area (Å²) in [6.45, 7) is 0.645. The first-order chi connectivity index (χ1) is 9.13. The van der Waals surface area contributed by atoms with Gasteiger partial charge in [-0.2, -0.15) is 0 Å². The van der Waals surface area contributed by atoms with Gasteiger partial charge in [0, 0.05) is 22.5 Å². The van der Waals surface area contributed by atoms with Crippen LogP contribution < -0.4 is 5.32 Å². The Hall–Kier alpha value is -0.730. The van der Waals surface area contributed by atoms with Crippen LogP contribution in [0.3, 0.4) is 0 Å². The molecule has 1 N–H and O–H groups in total. The summed E-state index contributed by atoms with van der Waals surface area (Å²) in [5.41, 5.74) is 1.03. The molecule has 4 heteroatoms. The lowest BCUT2D eigenvalue weighted by Gasteiger charge is -2.12. The van der Waals surface area contributed by atoms with Crippen molar-refractivity contribution in [3.05, 3.63) is 33.8 Å². The molecule has 2 atom stereocenters. The molecule has 3 rings (SSSR count). The molecule has 0 radical (unpaired) electrons. The molecule has 2 nitrogen and oxygen atoms in total. The van der Waals surface area contributed by atoms with Crippen LogP contribution in [0, 0.1) is 17.8 Å². The van der Waals surface area contributed by atoms with Crippen LogP contribution in [0.4, 0.5) is 0 Å². The summed E-state index contributed by atoms with van der Waals surface area (Å²) in [7, 11) is 0. The summed E-state index contributed by atoms with van der Waals surface area (Å²) in [4.78, 5) is 12.0. The number of rotatable bonds is 4. The van der Waals surface area contributed by atoms with Crippen LogP contribution in [-0.4, -0.2) is 12.5 Å². The Labute approximate surface area is 123 Å². The smallest absolute Gasteiger partial charge is 0.223 e. The molecule has 0 aromatic heterocycles. The quantitative estimate of drug-likeness (QED) is 0.902. The van der Waals surface area contributed by atoms with Gasteiger partial charge >= 0.3 is 0 Å². The second-order valence-corrected chi connectivity index (χ2v) is 6.54. The molecule has 1 aromatic rings. The summed E-state index contributed by atoms with van der Waals surface area (Å²) in [6, 6.07) is 5.49. The minimum absolute atomic E-state index is 0.220. The third-order valence-corrected chi connectivity index (χ3v) is 4.91. The van der Waals surface area contributed by atoms with Crippen molar-refractivity contribution in [1.82, 2.24) is 5.32 Å². The number of carbonyl (C=O) groups excluding carboxylic acids is 1. The van der Waals surface area contributed by atoms with E-state index < -0.39 is 0 Å². The number of benzene rings is 1. The molecule has 19 heavy (non-hydrogen) atoms. The van der Waals surface area contributed by atoms with E-state index in [0.717, 1.165) is 36.7 Å². The lowest BCUT2D eigenvalue weighted by atomic mass is 10.0. The van der Waals surface area contributed by atoms with Crippen molar-refractivity contribution in [2.75, 3.05) is 6.54 Å². The highest BCUT2D eigenvalue weighted by Crippen LogP contribution is 2.54. The number of halogens is 2. The number of hydrogen-bond acceptors (Lipinski definition) is 1. The van der Waals surface area contributed by atoms with E-state index >= 15 is 0 Å². The van der Waals surface area contributed by atoms with Gasteiger partial charge in [-0.05, 0) is 55.2 Å². The zero-order valence-electron chi connectivity index (χ0n) is 10.7. The van der Waals surface area contributed by atoms with Gasteiger partial charge in [0.15, 0.2) is 0 Å². The van der Waals surface area contributed by atoms with Crippen molar-refractivity contribution in [1.29, 1.82) is 0 Å².